The number of aliphatic carboxylic acids is 1. The van der Waals surface area contributed by atoms with E-state index in [-0.39, 0.29) is 18.2 Å². The van der Waals surface area contributed by atoms with Crippen LogP contribution in [0.1, 0.15) is 65.2 Å². The highest BCUT2D eigenvalue weighted by molar-refractivity contribution is 5.93. The smallest absolute Gasteiger partial charge is 0.326 e. The number of hydrogen-bond acceptors (Lipinski definition) is 5. The number of nitrogens with one attached hydrogen (secondary N) is 3. The number of carboxylic acid groups (broad SMARTS) is 1. The van der Waals surface area contributed by atoms with E-state index in [0.717, 1.165) is 0 Å². The van der Waals surface area contributed by atoms with Crippen molar-refractivity contribution >= 4 is 23.7 Å². The highest BCUT2D eigenvalue weighted by Gasteiger charge is 2.22. The molecule has 0 unspecified atom stereocenters. The first kappa shape index (κ1) is 28.3. The van der Waals surface area contributed by atoms with Crippen molar-refractivity contribution in [2.45, 2.75) is 77.3 Å². The quantitative estimate of drug-likeness (QED) is 0.171. The maximum atomic E-state index is 12.2. The van der Waals surface area contributed by atoms with E-state index in [2.05, 4.69) is 29.1 Å². The Hall–Kier alpha value is -2.68. The predicted octanol–water partition coefficient (Wildman–Crippen LogP) is 1.39. The van der Waals surface area contributed by atoms with Crippen LogP contribution in [0.5, 0.6) is 0 Å². The van der Waals surface area contributed by atoms with Crippen LogP contribution in [0.15, 0.2) is 24.3 Å². The minimum atomic E-state index is -1.12. The van der Waals surface area contributed by atoms with Crippen LogP contribution in [-0.2, 0) is 19.2 Å². The number of carbonyl (C=O) groups excluding carboxylic acids is 3. The Morgan fingerprint density at radius 3 is 1.71 bits per heavy atom. The Morgan fingerprint density at radius 1 is 0.839 bits per heavy atom. The summed E-state index contributed by atoms with van der Waals surface area (Å²) >= 11 is 0. The van der Waals surface area contributed by atoms with E-state index < -0.39 is 24.0 Å². The minimum Gasteiger partial charge on any atom is -0.480 e. The molecule has 3 amide bonds. The molecular weight excluding hydrogens is 400 g/mol. The van der Waals surface area contributed by atoms with Gasteiger partial charge in [0.2, 0.25) is 17.7 Å². The first-order chi connectivity index (χ1) is 14.6. The molecule has 176 valence electrons. The lowest BCUT2D eigenvalue weighted by Gasteiger charge is -2.18. The summed E-state index contributed by atoms with van der Waals surface area (Å²) in [6.45, 7) is 11.9. The molecule has 9 heteroatoms. The monoisotopic (exact) mass is 438 g/mol. The fourth-order valence-electron chi connectivity index (χ4n) is 2.60. The summed E-state index contributed by atoms with van der Waals surface area (Å²) in [5, 5.41) is 17.3. The van der Waals surface area contributed by atoms with Gasteiger partial charge in [0.25, 0.3) is 0 Å². The van der Waals surface area contributed by atoms with Gasteiger partial charge in [-0.25, -0.2) is 4.79 Å². The molecule has 0 aliphatic carbocycles. The van der Waals surface area contributed by atoms with E-state index in [4.69, 9.17) is 5.73 Å². The van der Waals surface area contributed by atoms with Crippen molar-refractivity contribution in [2.75, 3.05) is 13.1 Å². The third-order valence-electron chi connectivity index (χ3n) is 4.88. The molecular formula is C22H38N4O5. The number of rotatable bonds is 17. The van der Waals surface area contributed by atoms with Crippen LogP contribution in [0.2, 0.25) is 0 Å². The Labute approximate surface area is 184 Å². The van der Waals surface area contributed by atoms with Crippen molar-refractivity contribution < 1.29 is 24.3 Å². The number of carboxylic acids is 1. The molecule has 0 rings (SSSR count). The molecule has 0 aromatic rings. The third-order valence-corrected chi connectivity index (χ3v) is 4.88. The van der Waals surface area contributed by atoms with Gasteiger partial charge in [0, 0.05) is 24.2 Å². The topological polar surface area (TPSA) is 151 Å². The van der Waals surface area contributed by atoms with Crippen molar-refractivity contribution in [2.24, 2.45) is 5.73 Å². The molecule has 0 aromatic carbocycles. The van der Waals surface area contributed by atoms with Crippen molar-refractivity contribution in [3.63, 3.8) is 0 Å². The van der Waals surface area contributed by atoms with E-state index in [1.807, 2.05) is 13.8 Å². The second-order valence-corrected chi connectivity index (χ2v) is 7.42. The molecule has 0 aromatic heterocycles. The normalized spacial score (nSPS) is 12.4. The van der Waals surface area contributed by atoms with Gasteiger partial charge in [-0.3, -0.25) is 14.4 Å². The summed E-state index contributed by atoms with van der Waals surface area (Å²) in [6, 6.07) is -1.85. The zero-order valence-electron chi connectivity index (χ0n) is 18.8. The number of nitrogens with two attached hydrogens (primary N) is 1. The van der Waals surface area contributed by atoms with E-state index in [0.29, 0.717) is 69.2 Å². The molecule has 0 saturated carbocycles. The van der Waals surface area contributed by atoms with E-state index in [9.17, 15) is 24.3 Å². The Bertz CT molecular complexity index is 648. The molecule has 6 N–H and O–H groups in total. The lowest BCUT2D eigenvalue weighted by Crippen LogP contribution is -2.48. The molecule has 2 atom stereocenters. The van der Waals surface area contributed by atoms with Gasteiger partial charge < -0.3 is 26.8 Å². The van der Waals surface area contributed by atoms with Crippen molar-refractivity contribution in [3.05, 3.63) is 24.3 Å². The highest BCUT2D eigenvalue weighted by Crippen LogP contribution is 2.05. The molecule has 0 heterocycles. The van der Waals surface area contributed by atoms with Crippen LogP contribution in [0, 0.1) is 0 Å². The first-order valence-corrected chi connectivity index (χ1v) is 10.8. The van der Waals surface area contributed by atoms with Crippen LogP contribution in [0.25, 0.3) is 0 Å². The summed E-state index contributed by atoms with van der Waals surface area (Å²) < 4.78 is 0. The molecule has 0 spiro atoms. The van der Waals surface area contributed by atoms with Crippen LogP contribution >= 0.6 is 0 Å². The van der Waals surface area contributed by atoms with Crippen LogP contribution in [0.4, 0.5) is 0 Å². The van der Waals surface area contributed by atoms with E-state index >= 15 is 0 Å². The molecule has 0 aliphatic heterocycles. The lowest BCUT2D eigenvalue weighted by atomic mass is 10.1. The third kappa shape index (κ3) is 12.6. The summed E-state index contributed by atoms with van der Waals surface area (Å²) in [5.74, 6) is -2.01. The molecule has 9 nitrogen and oxygen atoms in total. The molecule has 0 radical (unpaired) electrons. The molecule has 0 bridgehead atoms. The Balaban J connectivity index is 4.15. The van der Waals surface area contributed by atoms with Crippen LogP contribution in [0.3, 0.4) is 0 Å². The van der Waals surface area contributed by atoms with Gasteiger partial charge in [0.05, 0.1) is 6.04 Å². The largest absolute Gasteiger partial charge is 0.480 e. The maximum Gasteiger partial charge on any atom is 0.326 e. The fourth-order valence-corrected chi connectivity index (χ4v) is 2.60. The predicted molar refractivity (Wildman–Crippen MR) is 120 cm³/mol. The van der Waals surface area contributed by atoms with Crippen molar-refractivity contribution in [1.82, 2.24) is 16.0 Å². The second-order valence-electron chi connectivity index (χ2n) is 7.42. The zero-order chi connectivity index (χ0) is 23.8. The highest BCUT2D eigenvalue weighted by atomic mass is 16.4. The zero-order valence-corrected chi connectivity index (χ0v) is 18.8. The standard InChI is InChI=1S/C22H38N4O5/c1-5-15(3)19(27)24-13-9-7-11-17(23)21(29)26-18(22(30)31)12-8-10-14-25-20(28)16(4)6-2/h17-18H,3-14,23H2,1-2H3,(H,24,27)(H,25,28)(H,26,29)(H,30,31)/t17-,18-/m0/s1. The molecule has 31 heavy (non-hydrogen) atoms. The minimum absolute atomic E-state index is 0.177. The lowest BCUT2D eigenvalue weighted by molar-refractivity contribution is -0.142. The summed E-state index contributed by atoms with van der Waals surface area (Å²) in [7, 11) is 0. The van der Waals surface area contributed by atoms with E-state index in [1.165, 1.54) is 0 Å². The van der Waals surface area contributed by atoms with Gasteiger partial charge in [-0.05, 0) is 51.4 Å². The van der Waals surface area contributed by atoms with E-state index in [1.54, 1.807) is 0 Å². The average molecular weight is 439 g/mol. The fraction of sp³-hybridized carbons (Fsp3) is 0.636. The van der Waals surface area contributed by atoms with Gasteiger partial charge in [-0.15, -0.1) is 0 Å². The summed E-state index contributed by atoms with van der Waals surface area (Å²) in [6.07, 6.45) is 4.17. The summed E-state index contributed by atoms with van der Waals surface area (Å²) in [4.78, 5) is 46.8. The Morgan fingerprint density at radius 2 is 1.29 bits per heavy atom. The number of unbranched alkanes of at least 4 members (excludes halogenated alkanes) is 2. The summed E-state index contributed by atoms with van der Waals surface area (Å²) in [5.41, 5.74) is 6.88. The van der Waals surface area contributed by atoms with Gasteiger partial charge in [0.15, 0.2) is 0 Å². The molecule has 0 saturated heterocycles. The first-order valence-electron chi connectivity index (χ1n) is 10.8. The molecule has 0 aliphatic rings. The second kappa shape index (κ2) is 16.1. The number of amides is 3. The number of hydrogen-bond donors (Lipinski definition) is 5. The Kier molecular flexibility index (Phi) is 14.7. The SMILES string of the molecule is C=C(CC)C(=O)NCCCC[C@H](NC(=O)[C@@H](N)CCCCNC(=O)C(=C)CC)C(=O)O. The van der Waals surface area contributed by atoms with Gasteiger partial charge >= 0.3 is 5.97 Å². The van der Waals surface area contributed by atoms with Gasteiger partial charge in [-0.2, -0.15) is 0 Å². The van der Waals surface area contributed by atoms with Crippen LogP contribution in [-0.4, -0.2) is 54.0 Å². The van der Waals surface area contributed by atoms with Crippen LogP contribution < -0.4 is 21.7 Å². The molecule has 0 fully saturated rings. The maximum absolute atomic E-state index is 12.2. The average Bonchev–Trinajstić information content (AvgIpc) is 2.75. The van der Waals surface area contributed by atoms with Gasteiger partial charge in [0.1, 0.15) is 6.04 Å². The number of carbonyl (C=O) groups is 4. The van der Waals surface area contributed by atoms with Crippen molar-refractivity contribution in [3.8, 4) is 0 Å². The van der Waals surface area contributed by atoms with Crippen molar-refractivity contribution in [1.29, 1.82) is 0 Å². The van der Waals surface area contributed by atoms with Gasteiger partial charge in [-0.1, -0.05) is 27.0 Å².